The third-order valence-corrected chi connectivity index (χ3v) is 7.21. The van der Waals surface area contributed by atoms with E-state index < -0.39 is 26.7 Å². The molecule has 0 aliphatic carbocycles. The van der Waals surface area contributed by atoms with E-state index >= 15 is 0 Å². The minimum Gasteiger partial charge on any atom is -0.870 e. The number of halogens is 2. The van der Waals surface area contributed by atoms with Gasteiger partial charge in [-0.1, -0.05) is 53.2 Å². The number of hydrogen-bond acceptors (Lipinski definition) is 7. The number of hydrogen-bond donors (Lipinski definition) is 2. The van der Waals surface area contributed by atoms with Gasteiger partial charge >= 0.3 is 29.6 Å². The van der Waals surface area contributed by atoms with Crippen molar-refractivity contribution in [2.45, 2.75) is 11.8 Å². The summed E-state index contributed by atoms with van der Waals surface area (Å²) in [6, 6.07) is 15.4. The maximum absolute atomic E-state index is 13.4. The molecule has 0 fully saturated rings. The summed E-state index contributed by atoms with van der Waals surface area (Å²) >= 11 is 12.2. The smallest absolute Gasteiger partial charge is 0.870 e. The predicted molar refractivity (Wildman–Crippen MR) is 140 cm³/mol. The molecule has 0 aliphatic rings. The molecular formula is C25H18Cl2N3NaO6S. The van der Waals surface area contributed by atoms with Crippen LogP contribution in [0.3, 0.4) is 0 Å². The second-order valence-electron chi connectivity index (χ2n) is 7.87. The molecule has 4 rings (SSSR count). The predicted octanol–water partition coefficient (Wildman–Crippen LogP) is 3.46. The van der Waals surface area contributed by atoms with E-state index in [-0.39, 0.29) is 62.2 Å². The molecule has 0 aromatic heterocycles. The Morgan fingerprint density at radius 1 is 1.05 bits per heavy atom. The number of methoxy groups -OCH3 is 1. The summed E-state index contributed by atoms with van der Waals surface area (Å²) in [6.07, 6.45) is 0. The number of carbonyl (C=O) groups excluding carboxylic acids is 1. The Morgan fingerprint density at radius 2 is 1.76 bits per heavy atom. The molecular weight excluding hydrogens is 564 g/mol. The van der Waals surface area contributed by atoms with Crippen molar-refractivity contribution >= 4 is 67.1 Å². The number of aryl methyl sites for hydroxylation is 1. The number of rotatable bonds is 6. The quantitative estimate of drug-likeness (QED) is 0.203. The summed E-state index contributed by atoms with van der Waals surface area (Å²) in [7, 11) is -3.16. The van der Waals surface area contributed by atoms with Crippen LogP contribution >= 0.6 is 23.2 Å². The average Bonchev–Trinajstić information content (AvgIpc) is 2.85. The van der Waals surface area contributed by atoms with E-state index in [2.05, 4.69) is 15.5 Å². The molecule has 0 radical (unpaired) electrons. The fraction of sp³-hybridized carbons (Fsp3) is 0.0800. The normalized spacial score (nSPS) is 11.4. The average molecular weight is 582 g/mol. The summed E-state index contributed by atoms with van der Waals surface area (Å²) in [5, 5.41) is 25.1. The maximum Gasteiger partial charge on any atom is 1.00 e. The van der Waals surface area contributed by atoms with Gasteiger partial charge in [-0.05, 0) is 48.2 Å². The zero-order valence-corrected chi connectivity index (χ0v) is 24.6. The van der Waals surface area contributed by atoms with Crippen molar-refractivity contribution in [3.8, 4) is 11.5 Å². The molecule has 13 heteroatoms. The number of ether oxygens (including phenoxy) is 1. The fourth-order valence-corrected chi connectivity index (χ4v) is 4.79. The third kappa shape index (κ3) is 6.29. The first-order chi connectivity index (χ1) is 17.5. The Bertz CT molecular complexity index is 1700. The number of carbonyl (C=O) groups is 1. The molecule has 0 bridgehead atoms. The Hall–Kier alpha value is -2.70. The number of amides is 1. The number of nitrogens with zero attached hydrogens (tertiary/aromatic N) is 2. The third-order valence-electron chi connectivity index (χ3n) is 5.39. The van der Waals surface area contributed by atoms with Crippen LogP contribution < -0.4 is 44.7 Å². The molecule has 4 aromatic rings. The Kier molecular flexibility index (Phi) is 9.43. The van der Waals surface area contributed by atoms with Gasteiger partial charge in [0, 0.05) is 17.0 Å². The standard InChI is InChI=1S/C25H19Cl2N3O6S.Na/c1-13-9-15(11-21(22(13)27)37(33,34)35)29-30-23-17-6-4-3-5-14(17)10-18(24(23)31)25(32)28-20-12-16(36-2)7-8-19(20)26;/h3-12,31H,1-2H3,(H,28,32)(H,33,34,35);/q;+1/p-1. The van der Waals surface area contributed by atoms with Crippen molar-refractivity contribution in [3.05, 3.63) is 81.8 Å². The van der Waals surface area contributed by atoms with Crippen LogP contribution in [0.25, 0.3) is 10.8 Å². The minimum absolute atomic E-state index is 0. The van der Waals surface area contributed by atoms with Crippen molar-refractivity contribution in [2.24, 2.45) is 10.2 Å². The summed E-state index contributed by atoms with van der Waals surface area (Å²) in [5.74, 6) is -0.976. The first-order valence-electron chi connectivity index (χ1n) is 10.6. The van der Waals surface area contributed by atoms with Crippen LogP contribution in [0.5, 0.6) is 11.5 Å². The van der Waals surface area contributed by atoms with E-state index in [1.165, 1.54) is 32.2 Å². The van der Waals surface area contributed by atoms with Gasteiger partial charge in [0.25, 0.3) is 16.0 Å². The van der Waals surface area contributed by atoms with E-state index in [9.17, 15) is 22.9 Å². The first-order valence-corrected chi connectivity index (χ1v) is 12.8. The molecule has 0 heterocycles. The molecule has 0 spiro atoms. The van der Waals surface area contributed by atoms with Crippen LogP contribution in [0.4, 0.5) is 17.1 Å². The second kappa shape index (κ2) is 12.0. The van der Waals surface area contributed by atoms with Crippen LogP contribution in [0.15, 0.2) is 75.8 Å². The summed E-state index contributed by atoms with van der Waals surface area (Å²) in [5.41, 5.74) is 0.242. The van der Waals surface area contributed by atoms with Gasteiger partial charge in [-0.2, -0.15) is 18.6 Å². The van der Waals surface area contributed by atoms with Gasteiger partial charge in [-0.3, -0.25) is 9.35 Å². The van der Waals surface area contributed by atoms with Gasteiger partial charge < -0.3 is 15.2 Å². The summed E-state index contributed by atoms with van der Waals surface area (Å²) < 4.78 is 38.0. The van der Waals surface area contributed by atoms with Gasteiger partial charge in [0.1, 0.15) is 10.6 Å². The van der Waals surface area contributed by atoms with Crippen molar-refractivity contribution in [2.75, 3.05) is 12.4 Å². The van der Waals surface area contributed by atoms with E-state index in [0.29, 0.717) is 22.1 Å². The molecule has 0 aliphatic heterocycles. The summed E-state index contributed by atoms with van der Waals surface area (Å²) in [4.78, 5) is 12.6. The van der Waals surface area contributed by atoms with Crippen LogP contribution in [0.2, 0.25) is 10.0 Å². The SMILES string of the molecule is COc1ccc(Cl)c(NC(=O)c2cc3ccccc3c(N=Nc3cc(C)c(Cl)c(S(=O)(=O)O)c3)c2[O-])c1.[Na+]. The topological polar surface area (TPSA) is 140 Å². The molecule has 0 unspecified atom stereocenters. The van der Waals surface area contributed by atoms with Gasteiger partial charge in [0.05, 0.1) is 34.2 Å². The first kappa shape index (κ1) is 29.9. The largest absolute Gasteiger partial charge is 1.00 e. The molecule has 190 valence electrons. The van der Waals surface area contributed by atoms with E-state index in [4.69, 9.17) is 27.9 Å². The molecule has 9 nitrogen and oxygen atoms in total. The molecule has 0 saturated carbocycles. The van der Waals surface area contributed by atoms with E-state index in [1.807, 2.05) is 0 Å². The van der Waals surface area contributed by atoms with Crippen molar-refractivity contribution in [1.82, 2.24) is 0 Å². The molecule has 4 aromatic carbocycles. The molecule has 2 N–H and O–H groups in total. The fourth-order valence-electron chi connectivity index (χ4n) is 3.57. The van der Waals surface area contributed by atoms with Gasteiger partial charge in [-0.25, -0.2) is 0 Å². The number of azo groups is 1. The monoisotopic (exact) mass is 581 g/mol. The molecule has 0 saturated heterocycles. The zero-order valence-electron chi connectivity index (χ0n) is 20.3. The number of fused-ring (bicyclic) bond motifs is 1. The van der Waals surface area contributed by atoms with Gasteiger partial charge in [-0.15, -0.1) is 0 Å². The van der Waals surface area contributed by atoms with Crippen molar-refractivity contribution < 1.29 is 57.2 Å². The number of anilines is 1. The van der Waals surface area contributed by atoms with Crippen molar-refractivity contribution in [1.29, 1.82) is 0 Å². The Morgan fingerprint density at radius 3 is 2.45 bits per heavy atom. The minimum atomic E-state index is -4.63. The Labute approximate surface area is 250 Å². The Balaban J connectivity index is 0.00000400. The van der Waals surface area contributed by atoms with E-state index in [0.717, 1.165) is 6.07 Å². The maximum atomic E-state index is 13.4. The molecule has 38 heavy (non-hydrogen) atoms. The molecule has 1 amide bonds. The second-order valence-corrected chi connectivity index (χ2v) is 10.0. The number of nitrogens with one attached hydrogen (secondary N) is 1. The van der Waals surface area contributed by atoms with Crippen LogP contribution in [0, 0.1) is 6.92 Å². The van der Waals surface area contributed by atoms with Crippen LogP contribution in [-0.2, 0) is 10.1 Å². The molecule has 0 atom stereocenters. The zero-order chi connectivity index (χ0) is 26.9. The van der Waals surface area contributed by atoms with Crippen molar-refractivity contribution in [3.63, 3.8) is 0 Å². The van der Waals surface area contributed by atoms with Gasteiger partial charge in [0.15, 0.2) is 0 Å². The van der Waals surface area contributed by atoms with Crippen LogP contribution in [-0.4, -0.2) is 26.0 Å². The summed E-state index contributed by atoms with van der Waals surface area (Å²) in [6.45, 7) is 1.53. The van der Waals surface area contributed by atoms with Gasteiger partial charge in [0.2, 0.25) is 0 Å². The van der Waals surface area contributed by atoms with E-state index in [1.54, 1.807) is 36.4 Å². The number of benzene rings is 4. The van der Waals surface area contributed by atoms with Crippen LogP contribution in [0.1, 0.15) is 15.9 Å².